The SMILES string of the molecule is CC(=O)Nc1ccc(NS(C)(=O)=O)c(C(=O)NNC(=O)c2cccc([N+](=O)[O-])c2)c1. The number of anilines is 2. The van der Waals surface area contributed by atoms with E-state index in [1.807, 2.05) is 0 Å². The maximum absolute atomic E-state index is 12.5. The number of sulfonamides is 1. The van der Waals surface area contributed by atoms with Gasteiger partial charge in [0.15, 0.2) is 0 Å². The second kappa shape index (κ2) is 9.00. The number of carbonyl (C=O) groups is 3. The normalized spacial score (nSPS) is 10.6. The minimum absolute atomic E-state index is 0.0778. The molecule has 0 aliphatic rings. The van der Waals surface area contributed by atoms with Gasteiger partial charge in [-0.2, -0.15) is 0 Å². The van der Waals surface area contributed by atoms with E-state index in [2.05, 4.69) is 20.9 Å². The number of hydrogen-bond acceptors (Lipinski definition) is 7. The van der Waals surface area contributed by atoms with Crippen LogP contribution in [0.15, 0.2) is 42.5 Å². The fourth-order valence-electron chi connectivity index (χ4n) is 2.32. The summed E-state index contributed by atoms with van der Waals surface area (Å²) in [5.41, 5.74) is 3.74. The van der Waals surface area contributed by atoms with Gasteiger partial charge in [-0.05, 0) is 24.3 Å². The summed E-state index contributed by atoms with van der Waals surface area (Å²) in [4.78, 5) is 46.0. The Balaban J connectivity index is 2.23. The Labute approximate surface area is 170 Å². The third-order valence-electron chi connectivity index (χ3n) is 3.49. The molecule has 13 heteroatoms. The predicted octanol–water partition coefficient (Wildman–Crippen LogP) is 1.000. The van der Waals surface area contributed by atoms with Gasteiger partial charge in [-0.25, -0.2) is 8.42 Å². The Morgan fingerprint density at radius 1 is 1.00 bits per heavy atom. The smallest absolute Gasteiger partial charge is 0.271 e. The zero-order chi connectivity index (χ0) is 22.5. The standard InChI is InChI=1S/C17H17N5O7S/c1-10(23)18-12-6-7-15(21-30(2,28)29)14(9-12)17(25)20-19-16(24)11-4-3-5-13(8-11)22(26)27/h3-9,21H,1-2H3,(H,18,23)(H,19,24)(H,20,25). The highest BCUT2D eigenvalue weighted by atomic mass is 32.2. The number of rotatable bonds is 6. The van der Waals surface area contributed by atoms with Crippen molar-refractivity contribution in [2.75, 3.05) is 16.3 Å². The van der Waals surface area contributed by atoms with Crippen LogP contribution < -0.4 is 20.9 Å². The Hall–Kier alpha value is -4.00. The maximum Gasteiger partial charge on any atom is 0.271 e. The molecule has 0 saturated heterocycles. The third kappa shape index (κ3) is 6.27. The average molecular weight is 435 g/mol. The van der Waals surface area contributed by atoms with E-state index in [1.165, 1.54) is 43.3 Å². The second-order valence-electron chi connectivity index (χ2n) is 6.03. The fraction of sp³-hybridized carbons (Fsp3) is 0.118. The average Bonchev–Trinajstić information content (AvgIpc) is 2.65. The van der Waals surface area contributed by atoms with Crippen LogP contribution in [0, 0.1) is 10.1 Å². The number of hydrogen-bond donors (Lipinski definition) is 4. The molecule has 0 heterocycles. The first-order valence-corrected chi connectivity index (χ1v) is 10.1. The lowest BCUT2D eigenvalue weighted by atomic mass is 10.1. The minimum Gasteiger partial charge on any atom is -0.326 e. The van der Waals surface area contributed by atoms with Gasteiger partial charge in [0.25, 0.3) is 17.5 Å². The van der Waals surface area contributed by atoms with Gasteiger partial charge in [0.05, 0.1) is 22.4 Å². The molecule has 0 fully saturated rings. The van der Waals surface area contributed by atoms with Crippen molar-refractivity contribution >= 4 is 44.8 Å². The maximum atomic E-state index is 12.5. The summed E-state index contributed by atoms with van der Waals surface area (Å²) in [7, 11) is -3.72. The number of amides is 3. The van der Waals surface area contributed by atoms with Crippen LogP contribution in [0.2, 0.25) is 0 Å². The number of nitrogens with one attached hydrogen (secondary N) is 4. The summed E-state index contributed by atoms with van der Waals surface area (Å²) >= 11 is 0. The van der Waals surface area contributed by atoms with Gasteiger partial charge in [0.2, 0.25) is 15.9 Å². The van der Waals surface area contributed by atoms with Gasteiger partial charge < -0.3 is 5.32 Å². The molecule has 0 aromatic heterocycles. The number of non-ortho nitro benzene ring substituents is 1. The number of nitrogens with zero attached hydrogens (tertiary/aromatic N) is 1. The van der Waals surface area contributed by atoms with E-state index in [1.54, 1.807) is 0 Å². The van der Waals surface area contributed by atoms with E-state index in [0.29, 0.717) is 0 Å². The zero-order valence-corrected chi connectivity index (χ0v) is 16.6. The lowest BCUT2D eigenvalue weighted by Crippen LogP contribution is -2.42. The highest BCUT2D eigenvalue weighted by molar-refractivity contribution is 7.92. The van der Waals surface area contributed by atoms with Crippen molar-refractivity contribution in [3.63, 3.8) is 0 Å². The third-order valence-corrected chi connectivity index (χ3v) is 4.08. The number of nitro benzene ring substituents is 1. The number of hydrazine groups is 1. The van der Waals surface area contributed by atoms with Crippen molar-refractivity contribution in [2.24, 2.45) is 0 Å². The number of nitro groups is 1. The molecule has 4 N–H and O–H groups in total. The zero-order valence-electron chi connectivity index (χ0n) is 15.8. The van der Waals surface area contributed by atoms with Crippen molar-refractivity contribution in [1.29, 1.82) is 0 Å². The Morgan fingerprint density at radius 2 is 1.67 bits per heavy atom. The molecular weight excluding hydrogens is 418 g/mol. The summed E-state index contributed by atoms with van der Waals surface area (Å²) in [5, 5.41) is 13.3. The van der Waals surface area contributed by atoms with Gasteiger partial charge in [0, 0.05) is 30.3 Å². The van der Waals surface area contributed by atoms with Crippen molar-refractivity contribution in [3.05, 3.63) is 63.7 Å². The highest BCUT2D eigenvalue weighted by Gasteiger charge is 2.17. The Morgan fingerprint density at radius 3 is 2.27 bits per heavy atom. The van der Waals surface area contributed by atoms with Crippen LogP contribution in [-0.2, 0) is 14.8 Å². The van der Waals surface area contributed by atoms with Crippen molar-refractivity contribution in [1.82, 2.24) is 10.9 Å². The van der Waals surface area contributed by atoms with Crippen LogP contribution in [0.5, 0.6) is 0 Å². The van der Waals surface area contributed by atoms with Gasteiger partial charge in [-0.3, -0.25) is 40.1 Å². The van der Waals surface area contributed by atoms with Crippen molar-refractivity contribution in [3.8, 4) is 0 Å². The largest absolute Gasteiger partial charge is 0.326 e. The van der Waals surface area contributed by atoms with Crippen molar-refractivity contribution in [2.45, 2.75) is 6.92 Å². The van der Waals surface area contributed by atoms with Gasteiger partial charge >= 0.3 is 0 Å². The monoisotopic (exact) mass is 435 g/mol. The van der Waals surface area contributed by atoms with Crippen LogP contribution in [0.3, 0.4) is 0 Å². The topological polar surface area (TPSA) is 177 Å². The molecule has 0 saturated carbocycles. The molecule has 0 bridgehead atoms. The molecule has 0 atom stereocenters. The molecule has 2 aromatic carbocycles. The summed E-state index contributed by atoms with van der Waals surface area (Å²) < 4.78 is 25.2. The number of benzene rings is 2. The van der Waals surface area contributed by atoms with E-state index < -0.39 is 32.7 Å². The summed E-state index contributed by atoms with van der Waals surface area (Å²) in [6.07, 6.45) is 0.889. The van der Waals surface area contributed by atoms with Gasteiger partial charge in [-0.15, -0.1) is 0 Å². The van der Waals surface area contributed by atoms with Crippen LogP contribution in [0.25, 0.3) is 0 Å². The highest BCUT2D eigenvalue weighted by Crippen LogP contribution is 2.22. The molecular formula is C17H17N5O7S. The minimum atomic E-state index is -3.72. The molecule has 2 rings (SSSR count). The molecule has 0 radical (unpaired) electrons. The molecule has 158 valence electrons. The molecule has 0 aliphatic carbocycles. The molecule has 30 heavy (non-hydrogen) atoms. The molecule has 12 nitrogen and oxygen atoms in total. The molecule has 0 unspecified atom stereocenters. The fourth-order valence-corrected chi connectivity index (χ4v) is 2.89. The molecule has 3 amide bonds. The Bertz CT molecular complexity index is 1130. The van der Waals surface area contributed by atoms with E-state index in [9.17, 15) is 32.9 Å². The Kier molecular flexibility index (Phi) is 6.69. The van der Waals surface area contributed by atoms with Crippen LogP contribution >= 0.6 is 0 Å². The summed E-state index contributed by atoms with van der Waals surface area (Å²) in [6, 6.07) is 8.70. The second-order valence-corrected chi connectivity index (χ2v) is 7.78. The van der Waals surface area contributed by atoms with Crippen LogP contribution in [0.1, 0.15) is 27.6 Å². The van der Waals surface area contributed by atoms with E-state index >= 15 is 0 Å². The number of carbonyl (C=O) groups excluding carboxylic acids is 3. The molecule has 0 aliphatic heterocycles. The predicted molar refractivity (Wildman–Crippen MR) is 107 cm³/mol. The first-order chi connectivity index (χ1) is 14.0. The van der Waals surface area contributed by atoms with Crippen LogP contribution in [-0.4, -0.2) is 37.3 Å². The summed E-state index contributed by atoms with van der Waals surface area (Å²) in [5.74, 6) is -2.14. The van der Waals surface area contributed by atoms with Gasteiger partial charge in [-0.1, -0.05) is 6.07 Å². The quantitative estimate of drug-likeness (QED) is 0.386. The van der Waals surface area contributed by atoms with Crippen molar-refractivity contribution < 1.29 is 27.7 Å². The van der Waals surface area contributed by atoms with E-state index in [4.69, 9.17) is 0 Å². The summed E-state index contributed by atoms with van der Waals surface area (Å²) in [6.45, 7) is 1.25. The lowest BCUT2D eigenvalue weighted by molar-refractivity contribution is -0.384. The van der Waals surface area contributed by atoms with Gasteiger partial charge in [0.1, 0.15) is 0 Å². The van der Waals surface area contributed by atoms with Crippen LogP contribution in [0.4, 0.5) is 17.1 Å². The first-order valence-electron chi connectivity index (χ1n) is 8.21. The van der Waals surface area contributed by atoms with E-state index in [0.717, 1.165) is 12.3 Å². The van der Waals surface area contributed by atoms with E-state index in [-0.39, 0.29) is 28.2 Å². The molecule has 0 spiro atoms. The lowest BCUT2D eigenvalue weighted by Gasteiger charge is -2.13. The molecule has 2 aromatic rings. The first kappa shape index (κ1) is 22.3.